The minimum atomic E-state index is -0.397. The molecule has 0 bridgehead atoms. The number of carbonyl (C=O) groups is 2. The molecule has 0 heterocycles. The zero-order valence-corrected chi connectivity index (χ0v) is 17.7. The van der Waals surface area contributed by atoms with Gasteiger partial charge in [-0.2, -0.15) is 0 Å². The lowest BCUT2D eigenvalue weighted by atomic mass is 10.2. The second kappa shape index (κ2) is 10.9. The lowest BCUT2D eigenvalue weighted by Crippen LogP contribution is -2.48. The number of hydrazine groups is 1. The number of hydrogen-bond donors (Lipinski definition) is 3. The summed E-state index contributed by atoms with van der Waals surface area (Å²) in [6, 6.07) is 14.5. The first-order chi connectivity index (χ1) is 13.0. The van der Waals surface area contributed by atoms with Gasteiger partial charge >= 0.3 is 0 Å². The standard InChI is InChI=1S/C18H18BrN3O3S2/c1-25-14-4-2-3-12(11-14)17(24)20-18(26)22-21-16(23)9-10-27-15-7-5-13(19)6-8-15/h2-8,11H,9-10H2,1H3,(H,21,23)(H2,20,22,24,26). The average Bonchev–Trinajstić information content (AvgIpc) is 2.68. The van der Waals surface area contributed by atoms with Gasteiger partial charge < -0.3 is 4.74 Å². The first-order valence-electron chi connectivity index (χ1n) is 7.90. The molecular weight excluding hydrogens is 450 g/mol. The SMILES string of the molecule is COc1cccc(C(=O)NC(=S)NNC(=O)CCSc2ccc(Br)cc2)c1. The minimum absolute atomic E-state index is 0.0109. The molecule has 3 N–H and O–H groups in total. The highest BCUT2D eigenvalue weighted by Gasteiger charge is 2.09. The van der Waals surface area contributed by atoms with E-state index in [1.165, 1.54) is 7.11 Å². The Morgan fingerprint density at radius 3 is 2.59 bits per heavy atom. The maximum Gasteiger partial charge on any atom is 0.257 e. The maximum absolute atomic E-state index is 12.1. The number of hydrogen-bond acceptors (Lipinski definition) is 5. The zero-order valence-electron chi connectivity index (χ0n) is 14.5. The van der Waals surface area contributed by atoms with Crippen LogP contribution in [0.4, 0.5) is 0 Å². The fourth-order valence-electron chi connectivity index (χ4n) is 1.95. The summed E-state index contributed by atoms with van der Waals surface area (Å²) in [5, 5.41) is 2.50. The highest BCUT2D eigenvalue weighted by atomic mass is 79.9. The van der Waals surface area contributed by atoms with Crippen LogP contribution in [0.5, 0.6) is 5.75 Å². The highest BCUT2D eigenvalue weighted by Crippen LogP contribution is 2.21. The average molecular weight is 468 g/mol. The van der Waals surface area contributed by atoms with Crippen LogP contribution in [0.15, 0.2) is 57.9 Å². The second-order valence-electron chi connectivity index (χ2n) is 5.24. The molecule has 0 aliphatic carbocycles. The number of methoxy groups -OCH3 is 1. The van der Waals surface area contributed by atoms with Gasteiger partial charge in [-0.3, -0.25) is 25.8 Å². The van der Waals surface area contributed by atoms with Crippen molar-refractivity contribution in [2.24, 2.45) is 0 Å². The van der Waals surface area contributed by atoms with Crippen molar-refractivity contribution >= 4 is 56.8 Å². The summed E-state index contributed by atoms with van der Waals surface area (Å²) < 4.78 is 6.09. The number of ether oxygens (including phenoxy) is 1. The first-order valence-corrected chi connectivity index (χ1v) is 10.1. The minimum Gasteiger partial charge on any atom is -0.497 e. The number of thiocarbonyl (C=S) groups is 1. The number of thioether (sulfide) groups is 1. The number of nitrogens with one attached hydrogen (secondary N) is 3. The molecule has 0 aliphatic heterocycles. The Labute approximate surface area is 175 Å². The van der Waals surface area contributed by atoms with Gasteiger partial charge in [-0.1, -0.05) is 22.0 Å². The summed E-state index contributed by atoms with van der Waals surface area (Å²) in [7, 11) is 1.52. The molecule has 0 fully saturated rings. The van der Waals surface area contributed by atoms with E-state index < -0.39 is 5.91 Å². The summed E-state index contributed by atoms with van der Waals surface area (Å²) in [6.45, 7) is 0. The van der Waals surface area contributed by atoms with E-state index in [4.69, 9.17) is 17.0 Å². The molecule has 0 saturated heterocycles. The van der Waals surface area contributed by atoms with Crippen LogP contribution in [0.2, 0.25) is 0 Å². The first kappa shape index (κ1) is 21.2. The predicted octanol–water partition coefficient (Wildman–Crippen LogP) is 3.28. The summed E-state index contributed by atoms with van der Waals surface area (Å²) in [4.78, 5) is 25.0. The van der Waals surface area contributed by atoms with E-state index in [9.17, 15) is 9.59 Å². The van der Waals surface area contributed by atoms with Crippen LogP contribution >= 0.6 is 39.9 Å². The van der Waals surface area contributed by atoms with Gasteiger partial charge in [0, 0.05) is 27.1 Å². The van der Waals surface area contributed by atoms with Gasteiger partial charge in [-0.15, -0.1) is 11.8 Å². The third kappa shape index (κ3) is 7.58. The molecule has 142 valence electrons. The lowest BCUT2D eigenvalue weighted by Gasteiger charge is -2.11. The van der Waals surface area contributed by atoms with Crippen LogP contribution in [-0.4, -0.2) is 29.8 Å². The maximum atomic E-state index is 12.1. The monoisotopic (exact) mass is 467 g/mol. The van der Waals surface area contributed by atoms with Crippen molar-refractivity contribution in [3.05, 3.63) is 58.6 Å². The molecule has 0 aromatic heterocycles. The van der Waals surface area contributed by atoms with Crippen LogP contribution in [0.3, 0.4) is 0 Å². The second-order valence-corrected chi connectivity index (χ2v) is 7.73. The summed E-state index contributed by atoms with van der Waals surface area (Å²) in [5.74, 6) is 0.570. The van der Waals surface area contributed by atoms with Gasteiger partial charge in [0.2, 0.25) is 5.91 Å². The van der Waals surface area contributed by atoms with Gasteiger partial charge in [-0.05, 0) is 54.7 Å². The molecule has 0 saturated carbocycles. The zero-order chi connectivity index (χ0) is 19.6. The Morgan fingerprint density at radius 2 is 1.89 bits per heavy atom. The molecule has 27 heavy (non-hydrogen) atoms. The molecule has 2 rings (SSSR count). The smallest absolute Gasteiger partial charge is 0.257 e. The topological polar surface area (TPSA) is 79.5 Å². The van der Waals surface area contributed by atoms with Crippen molar-refractivity contribution in [1.29, 1.82) is 0 Å². The van der Waals surface area contributed by atoms with Crippen LogP contribution < -0.4 is 20.9 Å². The Bertz CT molecular complexity index is 816. The van der Waals surface area contributed by atoms with E-state index >= 15 is 0 Å². The Morgan fingerprint density at radius 1 is 1.15 bits per heavy atom. The van der Waals surface area contributed by atoms with Crippen LogP contribution in [0.1, 0.15) is 16.8 Å². The van der Waals surface area contributed by atoms with Crippen molar-refractivity contribution in [3.63, 3.8) is 0 Å². The molecule has 0 aliphatic rings. The van der Waals surface area contributed by atoms with E-state index in [0.29, 0.717) is 23.5 Å². The fraction of sp³-hybridized carbons (Fsp3) is 0.167. The van der Waals surface area contributed by atoms with Crippen molar-refractivity contribution in [1.82, 2.24) is 16.2 Å². The van der Waals surface area contributed by atoms with Crippen LogP contribution in [0, 0.1) is 0 Å². The molecule has 0 atom stereocenters. The van der Waals surface area contributed by atoms with Gasteiger partial charge in [-0.25, -0.2) is 0 Å². The van der Waals surface area contributed by atoms with E-state index in [-0.39, 0.29) is 11.0 Å². The van der Waals surface area contributed by atoms with E-state index in [0.717, 1.165) is 9.37 Å². The summed E-state index contributed by atoms with van der Waals surface area (Å²) in [6.07, 6.45) is 0.306. The Hall–Kier alpha value is -2.10. The third-order valence-electron chi connectivity index (χ3n) is 3.29. The predicted molar refractivity (Wildman–Crippen MR) is 114 cm³/mol. The van der Waals surface area contributed by atoms with Crippen molar-refractivity contribution < 1.29 is 14.3 Å². The molecule has 6 nitrogen and oxygen atoms in total. The molecule has 2 aromatic carbocycles. The van der Waals surface area contributed by atoms with E-state index in [1.807, 2.05) is 24.3 Å². The number of carbonyl (C=O) groups excluding carboxylic acids is 2. The number of benzene rings is 2. The number of halogens is 1. The molecule has 0 radical (unpaired) electrons. The van der Waals surface area contributed by atoms with Crippen LogP contribution in [0.25, 0.3) is 0 Å². The quantitative estimate of drug-likeness (QED) is 0.343. The van der Waals surface area contributed by atoms with Crippen molar-refractivity contribution in [3.8, 4) is 5.75 Å². The van der Waals surface area contributed by atoms with Gasteiger partial charge in [0.15, 0.2) is 5.11 Å². The third-order valence-corrected chi connectivity index (χ3v) is 5.03. The summed E-state index contributed by atoms with van der Waals surface area (Å²) >= 11 is 9.97. The molecular formula is C18H18BrN3O3S2. The molecule has 0 spiro atoms. The van der Waals surface area contributed by atoms with Crippen LogP contribution in [-0.2, 0) is 4.79 Å². The molecule has 9 heteroatoms. The number of rotatable bonds is 6. The highest BCUT2D eigenvalue weighted by molar-refractivity contribution is 9.10. The fourth-order valence-corrected chi connectivity index (χ4v) is 3.21. The van der Waals surface area contributed by atoms with Gasteiger partial charge in [0.05, 0.1) is 7.11 Å². The molecule has 0 unspecified atom stereocenters. The van der Waals surface area contributed by atoms with E-state index in [2.05, 4.69) is 32.1 Å². The Kier molecular flexibility index (Phi) is 8.56. The largest absolute Gasteiger partial charge is 0.497 e. The number of amides is 2. The Balaban J connectivity index is 1.68. The van der Waals surface area contributed by atoms with E-state index in [1.54, 1.807) is 36.0 Å². The molecule has 2 amide bonds. The molecule has 2 aromatic rings. The van der Waals surface area contributed by atoms with Gasteiger partial charge in [0.25, 0.3) is 5.91 Å². The lowest BCUT2D eigenvalue weighted by molar-refractivity contribution is -0.121. The van der Waals surface area contributed by atoms with Crippen molar-refractivity contribution in [2.75, 3.05) is 12.9 Å². The normalized spacial score (nSPS) is 10.0. The summed E-state index contributed by atoms with van der Waals surface area (Å²) in [5.41, 5.74) is 5.39. The van der Waals surface area contributed by atoms with Crippen molar-refractivity contribution in [2.45, 2.75) is 11.3 Å². The van der Waals surface area contributed by atoms with Gasteiger partial charge in [0.1, 0.15) is 5.75 Å².